The molecule has 0 aliphatic heterocycles. The average Bonchev–Trinajstić information content (AvgIpc) is 2.05. The summed E-state index contributed by atoms with van der Waals surface area (Å²) in [5.74, 6) is -2.31. The molecule has 0 aromatic heterocycles. The van der Waals surface area contributed by atoms with Gasteiger partial charge in [-0.15, -0.1) is 0 Å². The molecule has 1 unspecified atom stereocenters. The Morgan fingerprint density at radius 1 is 1.38 bits per heavy atom. The molecule has 76 valence electrons. The Kier molecular flexibility index (Phi) is 5.93. The minimum atomic E-state index is -1.04. The summed E-state index contributed by atoms with van der Waals surface area (Å²) in [6.45, 7) is 4.28. The number of carbonyl (C=O) groups excluding carboxylic acids is 1. The van der Waals surface area contributed by atoms with Crippen molar-refractivity contribution in [3.05, 3.63) is 0 Å². The third kappa shape index (κ3) is 4.50. The van der Waals surface area contributed by atoms with E-state index in [0.29, 0.717) is 13.0 Å². The summed E-state index contributed by atoms with van der Waals surface area (Å²) in [5.41, 5.74) is 0. The minimum absolute atomic E-state index is 0.341. The van der Waals surface area contributed by atoms with E-state index in [4.69, 9.17) is 5.11 Å². The van der Waals surface area contributed by atoms with E-state index in [2.05, 4.69) is 5.32 Å². The topological polar surface area (TPSA) is 66.4 Å². The van der Waals surface area contributed by atoms with Crippen molar-refractivity contribution in [3.63, 3.8) is 0 Å². The fraction of sp³-hybridized carbons (Fsp3) is 0.778. The van der Waals surface area contributed by atoms with E-state index in [9.17, 15) is 9.59 Å². The molecule has 0 saturated heterocycles. The molecule has 1 amide bonds. The largest absolute Gasteiger partial charge is 0.481 e. The highest BCUT2D eigenvalue weighted by molar-refractivity contribution is 5.96. The molecule has 4 heteroatoms. The molecule has 0 spiro atoms. The van der Waals surface area contributed by atoms with Crippen LogP contribution in [-0.4, -0.2) is 23.5 Å². The number of carboxylic acids is 1. The van der Waals surface area contributed by atoms with Gasteiger partial charge in [0.15, 0.2) is 0 Å². The third-order valence-corrected chi connectivity index (χ3v) is 1.85. The second-order valence-electron chi connectivity index (χ2n) is 2.94. The van der Waals surface area contributed by atoms with Gasteiger partial charge >= 0.3 is 5.97 Å². The number of hydrogen-bond donors (Lipinski definition) is 2. The fourth-order valence-corrected chi connectivity index (χ4v) is 0.984. The molecule has 1 atom stereocenters. The van der Waals surface area contributed by atoms with Gasteiger partial charge in [-0.3, -0.25) is 9.59 Å². The Morgan fingerprint density at radius 3 is 2.38 bits per heavy atom. The Morgan fingerprint density at radius 2 is 2.00 bits per heavy atom. The lowest BCUT2D eigenvalue weighted by Gasteiger charge is -2.09. The van der Waals surface area contributed by atoms with E-state index in [1.54, 1.807) is 6.92 Å². The number of hydrogen-bond acceptors (Lipinski definition) is 2. The van der Waals surface area contributed by atoms with Crippen LogP contribution in [0, 0.1) is 5.92 Å². The van der Waals surface area contributed by atoms with E-state index in [-0.39, 0.29) is 5.91 Å². The van der Waals surface area contributed by atoms with Gasteiger partial charge < -0.3 is 10.4 Å². The molecule has 0 aliphatic carbocycles. The van der Waals surface area contributed by atoms with Crippen molar-refractivity contribution in [1.82, 2.24) is 5.32 Å². The molecule has 0 aromatic carbocycles. The maximum Gasteiger partial charge on any atom is 0.316 e. The van der Waals surface area contributed by atoms with Crippen LogP contribution in [-0.2, 0) is 9.59 Å². The fourth-order valence-electron chi connectivity index (χ4n) is 0.984. The molecular formula is C9H17NO3. The van der Waals surface area contributed by atoms with E-state index < -0.39 is 11.9 Å². The van der Waals surface area contributed by atoms with E-state index in [1.807, 2.05) is 6.92 Å². The first kappa shape index (κ1) is 11.9. The molecule has 0 aromatic rings. The summed E-state index contributed by atoms with van der Waals surface area (Å²) in [6, 6.07) is 0. The number of carboxylic acid groups (broad SMARTS) is 1. The number of nitrogens with one attached hydrogen (secondary N) is 1. The molecule has 0 bridgehead atoms. The van der Waals surface area contributed by atoms with Gasteiger partial charge in [0.2, 0.25) is 5.91 Å². The maximum absolute atomic E-state index is 11.2. The Labute approximate surface area is 78.3 Å². The second kappa shape index (κ2) is 6.46. The molecule has 0 radical (unpaired) electrons. The Hall–Kier alpha value is -1.06. The van der Waals surface area contributed by atoms with Crippen molar-refractivity contribution in [2.75, 3.05) is 6.54 Å². The van der Waals surface area contributed by atoms with Crippen molar-refractivity contribution in [3.8, 4) is 0 Å². The lowest BCUT2D eigenvalue weighted by molar-refractivity contribution is -0.147. The molecule has 13 heavy (non-hydrogen) atoms. The van der Waals surface area contributed by atoms with Crippen LogP contribution in [0.1, 0.15) is 33.1 Å². The summed E-state index contributed by atoms with van der Waals surface area (Å²) in [4.78, 5) is 21.7. The summed E-state index contributed by atoms with van der Waals surface area (Å²) in [6.07, 6.45) is 2.22. The quantitative estimate of drug-likeness (QED) is 0.482. The van der Waals surface area contributed by atoms with Crippen LogP contribution in [0.5, 0.6) is 0 Å². The van der Waals surface area contributed by atoms with Gasteiger partial charge in [-0.1, -0.05) is 20.3 Å². The molecule has 0 saturated carbocycles. The van der Waals surface area contributed by atoms with Crippen LogP contribution < -0.4 is 5.32 Å². The maximum atomic E-state index is 11.2. The van der Waals surface area contributed by atoms with Crippen LogP contribution in [0.15, 0.2) is 0 Å². The van der Waals surface area contributed by atoms with Crippen LogP contribution in [0.4, 0.5) is 0 Å². The summed E-state index contributed by atoms with van der Waals surface area (Å²) in [5, 5.41) is 11.2. The van der Waals surface area contributed by atoms with Crippen molar-refractivity contribution >= 4 is 11.9 Å². The number of unbranched alkanes of at least 4 members (excludes halogenated alkanes) is 1. The molecule has 0 aliphatic rings. The monoisotopic (exact) mass is 187 g/mol. The highest BCUT2D eigenvalue weighted by atomic mass is 16.4. The number of amides is 1. The van der Waals surface area contributed by atoms with Gasteiger partial charge in [0.1, 0.15) is 5.92 Å². The molecule has 0 fully saturated rings. The first-order valence-corrected chi connectivity index (χ1v) is 4.64. The van der Waals surface area contributed by atoms with Crippen LogP contribution in [0.2, 0.25) is 0 Å². The van der Waals surface area contributed by atoms with Gasteiger partial charge in [0.05, 0.1) is 0 Å². The van der Waals surface area contributed by atoms with Crippen LogP contribution >= 0.6 is 0 Å². The molecular weight excluding hydrogens is 170 g/mol. The normalized spacial score (nSPS) is 12.2. The third-order valence-electron chi connectivity index (χ3n) is 1.85. The number of aliphatic carboxylic acids is 1. The van der Waals surface area contributed by atoms with E-state index in [1.165, 1.54) is 0 Å². The first-order valence-electron chi connectivity index (χ1n) is 4.64. The second-order valence-corrected chi connectivity index (χ2v) is 2.94. The molecule has 4 nitrogen and oxygen atoms in total. The SMILES string of the molecule is CCCCNC(=O)C(CC)C(=O)O. The van der Waals surface area contributed by atoms with E-state index >= 15 is 0 Å². The minimum Gasteiger partial charge on any atom is -0.481 e. The predicted molar refractivity (Wildman–Crippen MR) is 49.3 cm³/mol. The van der Waals surface area contributed by atoms with Gasteiger partial charge in [-0.05, 0) is 12.8 Å². The number of carbonyl (C=O) groups is 2. The van der Waals surface area contributed by atoms with Gasteiger partial charge in [-0.25, -0.2) is 0 Å². The first-order chi connectivity index (χ1) is 6.13. The standard InChI is InChI=1S/C9H17NO3/c1-3-5-6-10-8(11)7(4-2)9(12)13/h7H,3-6H2,1-2H3,(H,10,11)(H,12,13). The Balaban J connectivity index is 3.85. The lowest BCUT2D eigenvalue weighted by Crippen LogP contribution is -2.35. The van der Waals surface area contributed by atoms with Crippen molar-refractivity contribution in [2.45, 2.75) is 33.1 Å². The van der Waals surface area contributed by atoms with E-state index in [0.717, 1.165) is 12.8 Å². The molecule has 2 N–H and O–H groups in total. The smallest absolute Gasteiger partial charge is 0.316 e. The zero-order chi connectivity index (χ0) is 10.3. The highest BCUT2D eigenvalue weighted by Gasteiger charge is 2.23. The Bertz CT molecular complexity index is 180. The number of rotatable bonds is 6. The van der Waals surface area contributed by atoms with Crippen molar-refractivity contribution in [2.24, 2.45) is 5.92 Å². The summed E-state index contributed by atoms with van der Waals surface area (Å²) < 4.78 is 0. The summed E-state index contributed by atoms with van der Waals surface area (Å²) in [7, 11) is 0. The zero-order valence-electron chi connectivity index (χ0n) is 8.17. The van der Waals surface area contributed by atoms with Crippen molar-refractivity contribution in [1.29, 1.82) is 0 Å². The highest BCUT2D eigenvalue weighted by Crippen LogP contribution is 2.02. The summed E-state index contributed by atoms with van der Waals surface area (Å²) >= 11 is 0. The van der Waals surface area contributed by atoms with Crippen LogP contribution in [0.3, 0.4) is 0 Å². The lowest BCUT2D eigenvalue weighted by atomic mass is 10.1. The molecule has 0 heterocycles. The predicted octanol–water partition coefficient (Wildman–Crippen LogP) is 1.01. The van der Waals surface area contributed by atoms with Gasteiger partial charge in [0.25, 0.3) is 0 Å². The zero-order valence-corrected chi connectivity index (χ0v) is 8.17. The average molecular weight is 187 g/mol. The van der Waals surface area contributed by atoms with Crippen LogP contribution in [0.25, 0.3) is 0 Å². The molecule has 0 rings (SSSR count). The van der Waals surface area contributed by atoms with Crippen molar-refractivity contribution < 1.29 is 14.7 Å². The van der Waals surface area contributed by atoms with Gasteiger partial charge in [-0.2, -0.15) is 0 Å². The van der Waals surface area contributed by atoms with Gasteiger partial charge in [0, 0.05) is 6.54 Å².